The number of hydrogen-bond donors (Lipinski definition) is 0. The lowest BCUT2D eigenvalue weighted by Gasteiger charge is -2.58. The van der Waals surface area contributed by atoms with Crippen molar-refractivity contribution in [2.45, 2.75) is 86.7 Å². The second-order valence-corrected chi connectivity index (χ2v) is 10.1. The van der Waals surface area contributed by atoms with Crippen LogP contribution in [0.1, 0.15) is 80.6 Å². The molecular weight excluding hydrogens is 368 g/mol. The first kappa shape index (κ1) is 23.6. The number of esters is 2. The molecule has 0 bridgehead atoms. The number of carbonyl (C=O) groups is 3. The van der Waals surface area contributed by atoms with Gasteiger partial charge in [-0.25, -0.2) is 0 Å². The first-order valence-corrected chi connectivity index (χ1v) is 10.9. The molecule has 0 radical (unpaired) electrons. The largest absolute Gasteiger partial charge is 0.462 e. The average molecular weight is 407 g/mol. The molecule has 5 nitrogen and oxygen atoms in total. The Morgan fingerprint density at radius 1 is 1.14 bits per heavy atom. The molecule has 0 aliphatic heterocycles. The van der Waals surface area contributed by atoms with Crippen molar-refractivity contribution in [2.75, 3.05) is 6.61 Å². The van der Waals surface area contributed by atoms with Crippen molar-refractivity contribution in [3.05, 3.63) is 11.6 Å². The molecule has 2 aliphatic carbocycles. The van der Waals surface area contributed by atoms with Crippen LogP contribution in [0.2, 0.25) is 0 Å². The van der Waals surface area contributed by atoms with E-state index in [4.69, 9.17) is 9.47 Å². The third-order valence-electron chi connectivity index (χ3n) is 7.62. The van der Waals surface area contributed by atoms with Crippen LogP contribution in [-0.4, -0.2) is 30.4 Å². The van der Waals surface area contributed by atoms with E-state index in [1.54, 1.807) is 6.08 Å². The molecule has 0 aromatic carbocycles. The van der Waals surface area contributed by atoms with Gasteiger partial charge in [0.15, 0.2) is 0 Å². The lowest BCUT2D eigenvalue weighted by molar-refractivity contribution is -0.155. The highest BCUT2D eigenvalue weighted by Crippen LogP contribution is 2.61. The third-order valence-corrected chi connectivity index (χ3v) is 7.62. The highest BCUT2D eigenvalue weighted by Gasteiger charge is 2.56. The Bertz CT molecular complexity index is 677. The number of ether oxygens (including phenoxy) is 2. The lowest BCUT2D eigenvalue weighted by atomic mass is 9.45. The molecule has 0 spiro atoms. The van der Waals surface area contributed by atoms with E-state index in [0.29, 0.717) is 24.5 Å². The maximum atomic E-state index is 12.9. The average Bonchev–Trinajstić information content (AvgIpc) is 2.59. The van der Waals surface area contributed by atoms with Crippen LogP contribution in [0, 0.1) is 28.6 Å². The van der Waals surface area contributed by atoms with Crippen LogP contribution in [-0.2, 0) is 23.9 Å². The topological polar surface area (TPSA) is 69.7 Å². The van der Waals surface area contributed by atoms with Crippen molar-refractivity contribution in [1.82, 2.24) is 0 Å². The van der Waals surface area contributed by atoms with Gasteiger partial charge in [0.25, 0.3) is 0 Å². The maximum Gasteiger partial charge on any atom is 0.303 e. The van der Waals surface area contributed by atoms with Crippen LogP contribution in [0.25, 0.3) is 0 Å². The molecule has 2 aliphatic rings. The van der Waals surface area contributed by atoms with E-state index >= 15 is 0 Å². The van der Waals surface area contributed by atoms with E-state index in [-0.39, 0.29) is 41.2 Å². The van der Waals surface area contributed by atoms with Crippen LogP contribution in [0.5, 0.6) is 0 Å². The van der Waals surface area contributed by atoms with Gasteiger partial charge in [0.2, 0.25) is 0 Å². The number of Topliss-reactive ketones (excluding diaryl/α,β-unsaturated/α-hetero) is 1. The van der Waals surface area contributed by atoms with Crippen molar-refractivity contribution < 1.29 is 23.9 Å². The highest BCUT2D eigenvalue weighted by atomic mass is 16.5. The Morgan fingerprint density at radius 2 is 1.79 bits per heavy atom. The predicted molar refractivity (Wildman–Crippen MR) is 112 cm³/mol. The fourth-order valence-electron chi connectivity index (χ4n) is 5.96. The summed E-state index contributed by atoms with van der Waals surface area (Å²) < 4.78 is 10.7. The van der Waals surface area contributed by atoms with Gasteiger partial charge in [-0.3, -0.25) is 14.4 Å². The molecule has 0 aromatic heterocycles. The fourth-order valence-corrected chi connectivity index (χ4v) is 5.96. The molecule has 164 valence electrons. The zero-order chi connectivity index (χ0) is 22.0. The standard InChI is InChI=1S/C24H38O5/c1-15(9-12-28-17(3)25)21(29-18(4)26)13-19-16(2)20(27)14-22-23(5,6)10-8-11-24(19,22)7/h9,16,19,21-22H,8,10-14H2,1-7H3/b15-9+/t16-,19-,21+,22-,24+/m0/s1. The number of fused-ring (bicyclic) bond motifs is 1. The summed E-state index contributed by atoms with van der Waals surface area (Å²) in [7, 11) is 0. The van der Waals surface area contributed by atoms with E-state index in [9.17, 15) is 14.4 Å². The number of ketones is 1. The van der Waals surface area contributed by atoms with Crippen molar-refractivity contribution >= 4 is 17.7 Å². The summed E-state index contributed by atoms with van der Waals surface area (Å²) in [5.41, 5.74) is 1.05. The maximum absolute atomic E-state index is 12.9. The smallest absolute Gasteiger partial charge is 0.303 e. The van der Waals surface area contributed by atoms with Gasteiger partial charge in [0.05, 0.1) is 0 Å². The lowest BCUT2D eigenvalue weighted by Crippen LogP contribution is -2.54. The Morgan fingerprint density at radius 3 is 2.38 bits per heavy atom. The Hall–Kier alpha value is -1.65. The first-order chi connectivity index (χ1) is 13.4. The Labute approximate surface area is 175 Å². The van der Waals surface area contributed by atoms with Crippen LogP contribution in [0.4, 0.5) is 0 Å². The summed E-state index contributed by atoms with van der Waals surface area (Å²) >= 11 is 0. The van der Waals surface area contributed by atoms with Gasteiger partial charge in [0, 0.05) is 26.2 Å². The van der Waals surface area contributed by atoms with Crippen LogP contribution in [0.3, 0.4) is 0 Å². The van der Waals surface area contributed by atoms with Gasteiger partial charge in [-0.2, -0.15) is 0 Å². The molecule has 0 unspecified atom stereocenters. The zero-order valence-corrected chi connectivity index (χ0v) is 19.2. The van der Waals surface area contributed by atoms with E-state index in [1.807, 2.05) is 13.8 Å². The molecule has 0 amide bonds. The molecule has 0 aromatic rings. The minimum absolute atomic E-state index is 0.0453. The van der Waals surface area contributed by atoms with E-state index in [2.05, 4.69) is 20.8 Å². The normalized spacial score (nSPS) is 32.9. The van der Waals surface area contributed by atoms with Gasteiger partial charge in [-0.05, 0) is 60.5 Å². The Kier molecular flexibility index (Phi) is 7.34. The third kappa shape index (κ3) is 5.29. The Balaban J connectivity index is 2.32. The van der Waals surface area contributed by atoms with Crippen molar-refractivity contribution in [3.63, 3.8) is 0 Å². The molecule has 0 saturated heterocycles. The molecular formula is C24H38O5. The van der Waals surface area contributed by atoms with E-state index in [1.165, 1.54) is 13.8 Å². The van der Waals surface area contributed by atoms with Gasteiger partial charge < -0.3 is 9.47 Å². The first-order valence-electron chi connectivity index (χ1n) is 10.9. The molecule has 2 rings (SSSR count). The molecule has 29 heavy (non-hydrogen) atoms. The van der Waals surface area contributed by atoms with E-state index in [0.717, 1.165) is 24.8 Å². The van der Waals surface area contributed by atoms with Crippen molar-refractivity contribution in [2.24, 2.45) is 28.6 Å². The summed E-state index contributed by atoms with van der Waals surface area (Å²) in [5.74, 6) is 0.0932. The van der Waals surface area contributed by atoms with Gasteiger partial charge >= 0.3 is 11.9 Å². The second-order valence-electron chi connectivity index (χ2n) is 10.1. The zero-order valence-electron chi connectivity index (χ0n) is 19.2. The van der Waals surface area contributed by atoms with E-state index < -0.39 is 6.10 Å². The van der Waals surface area contributed by atoms with Crippen LogP contribution < -0.4 is 0 Å². The summed E-state index contributed by atoms with van der Waals surface area (Å²) in [5, 5.41) is 0. The van der Waals surface area contributed by atoms with Crippen molar-refractivity contribution in [1.29, 1.82) is 0 Å². The number of hydrogen-bond acceptors (Lipinski definition) is 5. The van der Waals surface area contributed by atoms with Crippen molar-refractivity contribution in [3.8, 4) is 0 Å². The molecule has 0 heterocycles. The highest BCUT2D eigenvalue weighted by molar-refractivity contribution is 5.82. The summed E-state index contributed by atoms with van der Waals surface area (Å²) in [6, 6.07) is 0. The summed E-state index contributed by atoms with van der Waals surface area (Å²) in [4.78, 5) is 35.8. The van der Waals surface area contributed by atoms with Gasteiger partial charge in [-0.1, -0.05) is 34.1 Å². The molecule has 2 saturated carbocycles. The minimum Gasteiger partial charge on any atom is -0.462 e. The van der Waals surface area contributed by atoms with Crippen LogP contribution in [0.15, 0.2) is 11.6 Å². The summed E-state index contributed by atoms with van der Waals surface area (Å²) in [6.45, 7) is 13.8. The number of carbonyl (C=O) groups excluding carboxylic acids is 3. The molecule has 5 heteroatoms. The summed E-state index contributed by atoms with van der Waals surface area (Å²) in [6.07, 6.45) is 6.08. The fraction of sp³-hybridized carbons (Fsp3) is 0.792. The quantitative estimate of drug-likeness (QED) is 0.465. The second kappa shape index (κ2) is 9.01. The van der Waals surface area contributed by atoms with Crippen LogP contribution >= 0.6 is 0 Å². The predicted octanol–water partition coefficient (Wildman–Crippen LogP) is 4.88. The van der Waals surface area contributed by atoms with Gasteiger partial charge in [0.1, 0.15) is 18.5 Å². The molecule has 0 N–H and O–H groups in total. The SMILES string of the molecule is CC(=O)OC/C=C(\C)[C@@H](C[C@H]1[C@H](C)C(=O)C[C@H]2C(C)(C)CCC[C@]12C)OC(C)=O. The molecule has 2 fully saturated rings. The molecule has 5 atom stereocenters. The monoisotopic (exact) mass is 406 g/mol. The number of rotatable bonds is 6. The van der Waals surface area contributed by atoms with Gasteiger partial charge in [-0.15, -0.1) is 0 Å². The minimum atomic E-state index is -0.413.